The first-order valence-corrected chi connectivity index (χ1v) is 6.29. The number of carboxylic acids is 1. The molecule has 0 bridgehead atoms. The zero-order chi connectivity index (χ0) is 14.1. The third kappa shape index (κ3) is 2.16. The van der Waals surface area contributed by atoms with Gasteiger partial charge in [0.25, 0.3) is 0 Å². The second kappa shape index (κ2) is 4.80. The molecule has 1 aromatic carbocycles. The summed E-state index contributed by atoms with van der Waals surface area (Å²) >= 11 is 0. The molecule has 0 fully saturated rings. The Kier molecular flexibility index (Phi) is 2.98. The van der Waals surface area contributed by atoms with Crippen LogP contribution in [-0.2, 0) is 7.05 Å². The van der Waals surface area contributed by atoms with Gasteiger partial charge < -0.3 is 10.0 Å². The normalized spacial score (nSPS) is 13.9. The Morgan fingerprint density at radius 1 is 1.30 bits per heavy atom. The predicted molar refractivity (Wildman–Crippen MR) is 76.3 cm³/mol. The topological polar surface area (TPSA) is 70.7 Å². The summed E-state index contributed by atoms with van der Waals surface area (Å²) in [6.07, 6.45) is 1.83. The van der Waals surface area contributed by atoms with Gasteiger partial charge in [-0.05, 0) is 23.8 Å². The quantitative estimate of drug-likeness (QED) is 0.920. The molecular formula is C14H14N4O2. The molecule has 1 N–H and O–H groups in total. The maximum absolute atomic E-state index is 10.9. The minimum absolute atomic E-state index is 0.0539. The lowest BCUT2D eigenvalue weighted by atomic mass is 10.1. The third-order valence-corrected chi connectivity index (χ3v) is 3.28. The van der Waals surface area contributed by atoms with E-state index in [4.69, 9.17) is 5.11 Å². The summed E-state index contributed by atoms with van der Waals surface area (Å²) in [5, 5.41) is 12.9. The molecule has 6 nitrogen and oxygen atoms in total. The van der Waals surface area contributed by atoms with Crippen LogP contribution in [0.1, 0.15) is 10.5 Å². The molecule has 0 atom stereocenters. The molecule has 0 saturated heterocycles. The van der Waals surface area contributed by atoms with Crippen LogP contribution in [0.4, 0.5) is 5.69 Å². The van der Waals surface area contributed by atoms with Crippen molar-refractivity contribution < 1.29 is 9.90 Å². The van der Waals surface area contributed by atoms with Crippen molar-refractivity contribution >= 4 is 18.0 Å². The minimum atomic E-state index is -1.02. The van der Waals surface area contributed by atoms with Gasteiger partial charge in [0.1, 0.15) is 0 Å². The number of carboxylic acid groups (broad SMARTS) is 1. The van der Waals surface area contributed by atoms with Gasteiger partial charge in [0.15, 0.2) is 5.69 Å². The van der Waals surface area contributed by atoms with Crippen LogP contribution in [0.5, 0.6) is 0 Å². The van der Waals surface area contributed by atoms with E-state index in [1.54, 1.807) is 17.8 Å². The van der Waals surface area contributed by atoms with Gasteiger partial charge in [-0.3, -0.25) is 9.67 Å². The van der Waals surface area contributed by atoms with E-state index in [1.165, 1.54) is 0 Å². The molecule has 2 heterocycles. The second-order valence-electron chi connectivity index (χ2n) is 4.61. The van der Waals surface area contributed by atoms with Crippen molar-refractivity contribution in [3.05, 3.63) is 36.0 Å². The fraction of sp³-hybridized carbons (Fsp3) is 0.214. The first-order chi connectivity index (χ1) is 9.65. The van der Waals surface area contributed by atoms with Gasteiger partial charge in [0.2, 0.25) is 0 Å². The summed E-state index contributed by atoms with van der Waals surface area (Å²) in [6.45, 7) is 1.72. The van der Waals surface area contributed by atoms with E-state index in [2.05, 4.69) is 15.0 Å². The van der Waals surface area contributed by atoms with Crippen molar-refractivity contribution in [2.45, 2.75) is 0 Å². The molecule has 0 saturated carbocycles. The molecule has 3 rings (SSSR count). The molecule has 0 amide bonds. The summed E-state index contributed by atoms with van der Waals surface area (Å²) in [5.74, 6) is -1.02. The molecule has 0 radical (unpaired) electrons. The Hall–Kier alpha value is -2.63. The Bertz CT molecular complexity index is 673. The average molecular weight is 270 g/mol. The average Bonchev–Trinajstić information content (AvgIpc) is 3.08. The summed E-state index contributed by atoms with van der Waals surface area (Å²) in [7, 11) is 1.74. The van der Waals surface area contributed by atoms with Crippen molar-refractivity contribution in [3.8, 4) is 11.3 Å². The van der Waals surface area contributed by atoms with Crippen LogP contribution in [0.25, 0.3) is 11.3 Å². The number of anilines is 1. The van der Waals surface area contributed by atoms with Crippen LogP contribution < -0.4 is 4.90 Å². The van der Waals surface area contributed by atoms with Crippen LogP contribution in [0.15, 0.2) is 35.3 Å². The van der Waals surface area contributed by atoms with Gasteiger partial charge in [0.05, 0.1) is 18.6 Å². The molecule has 0 spiro atoms. The number of aliphatic imine (C=N–C) groups is 1. The molecule has 0 unspecified atom stereocenters. The van der Waals surface area contributed by atoms with Crippen molar-refractivity contribution in [2.24, 2.45) is 12.0 Å². The standard InChI is InChI=1S/C14H14N4O2/c1-17-13(8-12(16-17)14(19)20)10-2-4-11(5-3-10)18-7-6-15-9-18/h2-5,8-9H,6-7H2,1H3,(H,19,20). The van der Waals surface area contributed by atoms with Crippen molar-refractivity contribution in [1.82, 2.24) is 9.78 Å². The molecule has 2 aromatic rings. The van der Waals surface area contributed by atoms with Crippen LogP contribution in [0, 0.1) is 0 Å². The second-order valence-corrected chi connectivity index (χ2v) is 4.61. The summed E-state index contributed by atoms with van der Waals surface area (Å²) < 4.78 is 1.58. The predicted octanol–water partition coefficient (Wildman–Crippen LogP) is 1.63. The number of aromatic carboxylic acids is 1. The fourth-order valence-electron chi connectivity index (χ4n) is 2.24. The number of nitrogens with zero attached hydrogens (tertiary/aromatic N) is 4. The van der Waals surface area contributed by atoms with E-state index in [-0.39, 0.29) is 5.69 Å². The molecular weight excluding hydrogens is 256 g/mol. The molecule has 1 aromatic heterocycles. The Labute approximate surface area is 116 Å². The SMILES string of the molecule is Cn1nc(C(=O)O)cc1-c1ccc(N2C=NCC2)cc1. The zero-order valence-electron chi connectivity index (χ0n) is 11.0. The molecule has 1 aliphatic rings. The summed E-state index contributed by atoms with van der Waals surface area (Å²) in [6, 6.07) is 9.50. The lowest BCUT2D eigenvalue weighted by Crippen LogP contribution is -2.17. The van der Waals surface area contributed by atoms with Gasteiger partial charge in [-0.15, -0.1) is 0 Å². The number of rotatable bonds is 3. The van der Waals surface area contributed by atoms with E-state index in [9.17, 15) is 4.79 Å². The Morgan fingerprint density at radius 3 is 2.60 bits per heavy atom. The monoisotopic (exact) mass is 270 g/mol. The number of benzene rings is 1. The third-order valence-electron chi connectivity index (χ3n) is 3.28. The number of aryl methyl sites for hydroxylation is 1. The van der Waals surface area contributed by atoms with Crippen LogP contribution in [0.3, 0.4) is 0 Å². The molecule has 1 aliphatic heterocycles. The van der Waals surface area contributed by atoms with Gasteiger partial charge in [-0.1, -0.05) is 12.1 Å². The van der Waals surface area contributed by atoms with Crippen molar-refractivity contribution in [1.29, 1.82) is 0 Å². The fourth-order valence-corrected chi connectivity index (χ4v) is 2.24. The van der Waals surface area contributed by atoms with Crippen LogP contribution in [0.2, 0.25) is 0 Å². The Morgan fingerprint density at radius 2 is 2.05 bits per heavy atom. The molecule has 6 heteroatoms. The highest BCUT2D eigenvalue weighted by Crippen LogP contribution is 2.23. The lowest BCUT2D eigenvalue weighted by molar-refractivity contribution is 0.0689. The van der Waals surface area contributed by atoms with E-state index in [0.717, 1.165) is 30.0 Å². The maximum atomic E-state index is 10.9. The number of aromatic nitrogens is 2. The Balaban J connectivity index is 1.91. The number of hydrogen-bond acceptors (Lipinski definition) is 4. The van der Waals surface area contributed by atoms with Crippen molar-refractivity contribution in [3.63, 3.8) is 0 Å². The summed E-state index contributed by atoms with van der Waals surface area (Å²) in [5.41, 5.74) is 2.85. The van der Waals surface area contributed by atoms with Gasteiger partial charge in [0, 0.05) is 19.3 Å². The highest BCUT2D eigenvalue weighted by molar-refractivity contribution is 5.87. The zero-order valence-corrected chi connectivity index (χ0v) is 11.0. The largest absolute Gasteiger partial charge is 0.476 e. The van der Waals surface area contributed by atoms with Crippen LogP contribution >= 0.6 is 0 Å². The first-order valence-electron chi connectivity index (χ1n) is 6.29. The van der Waals surface area contributed by atoms with Crippen molar-refractivity contribution in [2.75, 3.05) is 18.0 Å². The molecule has 0 aliphatic carbocycles. The smallest absolute Gasteiger partial charge is 0.356 e. The van der Waals surface area contributed by atoms with E-state index in [1.807, 2.05) is 30.6 Å². The maximum Gasteiger partial charge on any atom is 0.356 e. The van der Waals surface area contributed by atoms with Gasteiger partial charge in [-0.2, -0.15) is 5.10 Å². The highest BCUT2D eigenvalue weighted by Gasteiger charge is 2.13. The number of hydrogen-bond donors (Lipinski definition) is 1. The van der Waals surface area contributed by atoms with E-state index >= 15 is 0 Å². The van der Waals surface area contributed by atoms with E-state index < -0.39 is 5.97 Å². The first kappa shape index (κ1) is 12.4. The molecule has 102 valence electrons. The lowest BCUT2D eigenvalue weighted by Gasteiger charge is -2.14. The van der Waals surface area contributed by atoms with E-state index in [0.29, 0.717) is 0 Å². The van der Waals surface area contributed by atoms with Crippen LogP contribution in [-0.4, -0.2) is 40.3 Å². The van der Waals surface area contributed by atoms with Gasteiger partial charge in [-0.25, -0.2) is 4.79 Å². The summed E-state index contributed by atoms with van der Waals surface area (Å²) in [4.78, 5) is 17.2. The van der Waals surface area contributed by atoms with Gasteiger partial charge >= 0.3 is 5.97 Å². The highest BCUT2D eigenvalue weighted by atomic mass is 16.4. The minimum Gasteiger partial charge on any atom is -0.476 e. The number of carbonyl (C=O) groups is 1. The molecule has 20 heavy (non-hydrogen) atoms.